The molecular weight excluding hydrogens is 252 g/mol. The van der Waals surface area contributed by atoms with Crippen molar-refractivity contribution >= 4 is 22.5 Å². The number of nitrogens with two attached hydrogens (primary N) is 1. The summed E-state index contributed by atoms with van der Waals surface area (Å²) in [6.45, 7) is 0.447. The molecule has 3 rings (SSSR count). The second kappa shape index (κ2) is 5.05. The molecule has 20 heavy (non-hydrogen) atoms. The highest BCUT2D eigenvalue weighted by molar-refractivity contribution is 5.99. The summed E-state index contributed by atoms with van der Waals surface area (Å²) in [6, 6.07) is 12.9. The molecule has 0 saturated carbocycles. The highest BCUT2D eigenvalue weighted by Crippen LogP contribution is 2.13. The van der Waals surface area contributed by atoms with E-state index in [-0.39, 0.29) is 5.91 Å². The molecule has 100 valence electrons. The minimum Gasteiger partial charge on any atom is -0.398 e. The van der Waals surface area contributed by atoms with Crippen LogP contribution in [0.4, 0.5) is 5.69 Å². The molecule has 0 radical (unpaired) electrons. The topological polar surface area (TPSA) is 83.8 Å². The van der Waals surface area contributed by atoms with Gasteiger partial charge in [0.15, 0.2) is 0 Å². The van der Waals surface area contributed by atoms with E-state index < -0.39 is 0 Å². The van der Waals surface area contributed by atoms with Crippen LogP contribution in [0.15, 0.2) is 48.7 Å². The van der Waals surface area contributed by atoms with Crippen LogP contribution in [-0.4, -0.2) is 16.1 Å². The third kappa shape index (κ3) is 2.33. The van der Waals surface area contributed by atoms with Crippen LogP contribution in [0.25, 0.3) is 10.9 Å². The smallest absolute Gasteiger partial charge is 0.253 e. The molecule has 5 heteroatoms. The van der Waals surface area contributed by atoms with Gasteiger partial charge in [-0.2, -0.15) is 5.10 Å². The van der Waals surface area contributed by atoms with E-state index in [1.54, 1.807) is 30.5 Å². The number of amides is 1. The third-order valence-corrected chi connectivity index (χ3v) is 3.16. The zero-order chi connectivity index (χ0) is 13.9. The van der Waals surface area contributed by atoms with Gasteiger partial charge >= 0.3 is 0 Å². The number of fused-ring (bicyclic) bond motifs is 1. The van der Waals surface area contributed by atoms with Crippen LogP contribution in [0.5, 0.6) is 0 Å². The van der Waals surface area contributed by atoms with Gasteiger partial charge in [0.05, 0.1) is 17.3 Å². The van der Waals surface area contributed by atoms with Crippen LogP contribution in [0, 0.1) is 0 Å². The Morgan fingerprint density at radius 1 is 1.25 bits per heavy atom. The first-order valence-electron chi connectivity index (χ1n) is 6.29. The minimum atomic E-state index is -0.173. The molecule has 0 bridgehead atoms. The molecule has 0 atom stereocenters. The van der Waals surface area contributed by atoms with Gasteiger partial charge < -0.3 is 11.1 Å². The molecule has 0 saturated heterocycles. The summed E-state index contributed by atoms with van der Waals surface area (Å²) in [7, 11) is 0. The average molecular weight is 266 g/mol. The second-order valence-corrected chi connectivity index (χ2v) is 4.56. The van der Waals surface area contributed by atoms with E-state index in [0.717, 1.165) is 16.5 Å². The van der Waals surface area contributed by atoms with Gasteiger partial charge in [0, 0.05) is 17.6 Å². The number of rotatable bonds is 3. The van der Waals surface area contributed by atoms with Crippen molar-refractivity contribution in [2.24, 2.45) is 0 Å². The number of H-pyrrole nitrogens is 1. The molecule has 3 aromatic rings. The average Bonchev–Trinajstić information content (AvgIpc) is 2.92. The van der Waals surface area contributed by atoms with Crippen molar-refractivity contribution in [3.05, 3.63) is 59.8 Å². The number of nitrogen functional groups attached to an aromatic ring is 1. The van der Waals surface area contributed by atoms with Crippen LogP contribution in [0.2, 0.25) is 0 Å². The first-order chi connectivity index (χ1) is 9.74. The van der Waals surface area contributed by atoms with Gasteiger partial charge in [-0.05, 0) is 23.8 Å². The van der Waals surface area contributed by atoms with Crippen LogP contribution in [-0.2, 0) is 6.54 Å². The number of benzene rings is 2. The lowest BCUT2D eigenvalue weighted by Crippen LogP contribution is -2.23. The first kappa shape index (κ1) is 12.2. The van der Waals surface area contributed by atoms with Gasteiger partial charge in [-0.25, -0.2) is 0 Å². The molecule has 0 aliphatic heterocycles. The van der Waals surface area contributed by atoms with Crippen molar-refractivity contribution < 1.29 is 4.79 Å². The fraction of sp³-hybridized carbons (Fsp3) is 0.0667. The Bertz CT molecular complexity index is 763. The van der Waals surface area contributed by atoms with Crippen molar-refractivity contribution in [2.75, 3.05) is 5.73 Å². The summed E-state index contributed by atoms with van der Waals surface area (Å²) in [5.41, 5.74) is 8.71. The van der Waals surface area contributed by atoms with Crippen LogP contribution < -0.4 is 11.1 Å². The largest absolute Gasteiger partial charge is 0.398 e. The highest BCUT2D eigenvalue weighted by Gasteiger charge is 2.08. The Balaban J connectivity index is 1.73. The molecule has 0 fully saturated rings. The summed E-state index contributed by atoms with van der Waals surface area (Å²) in [6.07, 6.45) is 1.77. The second-order valence-electron chi connectivity index (χ2n) is 4.56. The zero-order valence-corrected chi connectivity index (χ0v) is 10.8. The van der Waals surface area contributed by atoms with Crippen molar-refractivity contribution in [1.29, 1.82) is 0 Å². The van der Waals surface area contributed by atoms with E-state index in [9.17, 15) is 4.79 Å². The monoisotopic (exact) mass is 266 g/mol. The lowest BCUT2D eigenvalue weighted by atomic mass is 10.1. The number of hydrogen-bond donors (Lipinski definition) is 3. The molecule has 1 heterocycles. The number of carbonyl (C=O) groups excluding carboxylic acids is 1. The SMILES string of the molecule is Nc1ccccc1C(=O)NCc1ccc2cn[nH]c2c1. The number of nitrogens with one attached hydrogen (secondary N) is 2. The quantitative estimate of drug-likeness (QED) is 0.634. The Labute approximate surface area is 115 Å². The van der Waals surface area contributed by atoms with Crippen LogP contribution >= 0.6 is 0 Å². The Kier molecular flexibility index (Phi) is 3.09. The standard InChI is InChI=1S/C15H14N4O/c16-13-4-2-1-3-12(13)15(20)17-8-10-5-6-11-9-18-19-14(11)7-10/h1-7,9H,8,16H2,(H,17,20)(H,18,19). The van der Waals surface area contributed by atoms with Gasteiger partial charge in [-0.15, -0.1) is 0 Å². The van der Waals surface area contributed by atoms with Crippen molar-refractivity contribution in [2.45, 2.75) is 6.54 Å². The Morgan fingerprint density at radius 3 is 2.95 bits per heavy atom. The minimum absolute atomic E-state index is 0.173. The number of para-hydroxylation sites is 1. The molecule has 1 aromatic heterocycles. The first-order valence-corrected chi connectivity index (χ1v) is 6.29. The number of nitrogens with zero attached hydrogens (tertiary/aromatic N) is 1. The Hall–Kier alpha value is -2.82. The number of aromatic amines is 1. The lowest BCUT2D eigenvalue weighted by molar-refractivity contribution is 0.0952. The predicted octanol–water partition coefficient (Wildman–Crippen LogP) is 2.08. The molecular formula is C15H14N4O. The maximum absolute atomic E-state index is 12.0. The van der Waals surface area contributed by atoms with E-state index in [1.165, 1.54) is 0 Å². The maximum atomic E-state index is 12.0. The number of anilines is 1. The van der Waals surface area contributed by atoms with Gasteiger partial charge in [0.25, 0.3) is 5.91 Å². The number of hydrogen-bond acceptors (Lipinski definition) is 3. The predicted molar refractivity (Wildman–Crippen MR) is 78.1 cm³/mol. The Morgan fingerprint density at radius 2 is 2.10 bits per heavy atom. The summed E-state index contributed by atoms with van der Waals surface area (Å²) in [5, 5.41) is 10.8. The van der Waals surface area contributed by atoms with Crippen LogP contribution in [0.3, 0.4) is 0 Å². The maximum Gasteiger partial charge on any atom is 0.253 e. The molecule has 0 spiro atoms. The summed E-state index contributed by atoms with van der Waals surface area (Å²) in [5.74, 6) is -0.173. The fourth-order valence-electron chi connectivity index (χ4n) is 2.08. The van der Waals surface area contributed by atoms with E-state index in [0.29, 0.717) is 17.8 Å². The number of aromatic nitrogens is 2. The lowest BCUT2D eigenvalue weighted by Gasteiger charge is -2.07. The normalized spacial score (nSPS) is 10.6. The molecule has 0 unspecified atom stereocenters. The summed E-state index contributed by atoms with van der Waals surface area (Å²) < 4.78 is 0. The fourth-order valence-corrected chi connectivity index (χ4v) is 2.08. The third-order valence-electron chi connectivity index (χ3n) is 3.16. The molecule has 5 nitrogen and oxygen atoms in total. The van der Waals surface area contributed by atoms with Gasteiger partial charge in [0.1, 0.15) is 0 Å². The van der Waals surface area contributed by atoms with E-state index >= 15 is 0 Å². The van der Waals surface area contributed by atoms with E-state index in [1.807, 2.05) is 18.2 Å². The van der Waals surface area contributed by atoms with Gasteiger partial charge in [0.2, 0.25) is 0 Å². The highest BCUT2D eigenvalue weighted by atomic mass is 16.1. The molecule has 2 aromatic carbocycles. The van der Waals surface area contributed by atoms with Crippen molar-refractivity contribution in [3.63, 3.8) is 0 Å². The van der Waals surface area contributed by atoms with Gasteiger partial charge in [-0.3, -0.25) is 9.89 Å². The van der Waals surface area contributed by atoms with Crippen molar-refractivity contribution in [3.8, 4) is 0 Å². The van der Waals surface area contributed by atoms with Gasteiger partial charge in [-0.1, -0.05) is 24.3 Å². The molecule has 1 amide bonds. The van der Waals surface area contributed by atoms with Crippen molar-refractivity contribution in [1.82, 2.24) is 15.5 Å². The van der Waals surface area contributed by atoms with E-state index in [2.05, 4.69) is 15.5 Å². The molecule has 4 N–H and O–H groups in total. The molecule has 0 aliphatic rings. The summed E-state index contributed by atoms with van der Waals surface area (Å²) in [4.78, 5) is 12.0. The number of carbonyl (C=O) groups is 1. The molecule has 0 aliphatic carbocycles. The zero-order valence-electron chi connectivity index (χ0n) is 10.8. The van der Waals surface area contributed by atoms with E-state index in [4.69, 9.17) is 5.73 Å². The summed E-state index contributed by atoms with van der Waals surface area (Å²) >= 11 is 0. The van der Waals surface area contributed by atoms with Crippen LogP contribution in [0.1, 0.15) is 15.9 Å².